The Morgan fingerprint density at radius 2 is 2.06 bits per heavy atom. The van der Waals surface area contributed by atoms with Gasteiger partial charge in [-0.25, -0.2) is 4.79 Å². The van der Waals surface area contributed by atoms with Crippen molar-refractivity contribution in [2.45, 2.75) is 32.7 Å². The molecule has 0 aliphatic rings. The molecule has 0 fully saturated rings. The summed E-state index contributed by atoms with van der Waals surface area (Å²) in [7, 11) is 0. The van der Waals surface area contributed by atoms with E-state index in [0.29, 0.717) is 17.3 Å². The Kier molecular flexibility index (Phi) is 5.05. The fourth-order valence-electron chi connectivity index (χ4n) is 1.53. The lowest BCUT2D eigenvalue weighted by atomic mass is 10.1. The van der Waals surface area contributed by atoms with Gasteiger partial charge in [0, 0.05) is 15.3 Å². The Labute approximate surface area is 109 Å². The molecular weight excluding hydrogens is 317 g/mol. The molecule has 0 aliphatic heterocycles. The quantitative estimate of drug-likeness (QED) is 0.810. The molecule has 0 bridgehead atoms. The van der Waals surface area contributed by atoms with Crippen molar-refractivity contribution in [3.05, 3.63) is 27.3 Å². The molecule has 1 aromatic rings. The van der Waals surface area contributed by atoms with Gasteiger partial charge in [0.25, 0.3) is 0 Å². The summed E-state index contributed by atoms with van der Waals surface area (Å²) in [4.78, 5) is 11.1. The summed E-state index contributed by atoms with van der Waals surface area (Å²) in [5.74, 6) is -0.882. The number of anilines is 1. The van der Waals surface area contributed by atoms with Crippen LogP contribution in [0.25, 0.3) is 0 Å². The molecule has 1 aromatic carbocycles. The van der Waals surface area contributed by atoms with E-state index in [9.17, 15) is 4.79 Å². The van der Waals surface area contributed by atoms with Crippen LogP contribution in [0.4, 0.5) is 5.69 Å². The van der Waals surface area contributed by atoms with Crippen molar-refractivity contribution in [2.24, 2.45) is 0 Å². The summed E-state index contributed by atoms with van der Waals surface area (Å²) in [6.07, 6.45) is 1.98. The topological polar surface area (TPSA) is 49.3 Å². The lowest BCUT2D eigenvalue weighted by molar-refractivity contribution is 0.0698. The van der Waals surface area contributed by atoms with Gasteiger partial charge in [0.2, 0.25) is 0 Å². The Hall–Kier alpha value is -0.780. The monoisotopic (exact) mass is 333 g/mol. The van der Waals surface area contributed by atoms with E-state index in [2.05, 4.69) is 41.8 Å². The highest BCUT2D eigenvalue weighted by Crippen LogP contribution is 2.20. The Morgan fingerprint density at radius 3 is 2.56 bits per heavy atom. The van der Waals surface area contributed by atoms with Gasteiger partial charge in [-0.15, -0.1) is 0 Å². The van der Waals surface area contributed by atoms with Gasteiger partial charge in [-0.2, -0.15) is 0 Å². The van der Waals surface area contributed by atoms with E-state index in [1.807, 2.05) is 12.1 Å². The van der Waals surface area contributed by atoms with Gasteiger partial charge in [-0.1, -0.05) is 13.8 Å². The van der Waals surface area contributed by atoms with Crippen molar-refractivity contribution in [2.75, 3.05) is 5.32 Å². The fourth-order valence-corrected chi connectivity index (χ4v) is 2.02. The van der Waals surface area contributed by atoms with E-state index in [4.69, 9.17) is 5.11 Å². The predicted molar refractivity (Wildman–Crippen MR) is 74.1 cm³/mol. The first-order chi connectivity index (χ1) is 7.58. The summed E-state index contributed by atoms with van der Waals surface area (Å²) in [5.41, 5.74) is 1.06. The smallest absolute Gasteiger partial charge is 0.337 e. The summed E-state index contributed by atoms with van der Waals surface area (Å²) in [5, 5.41) is 12.4. The number of rotatable bonds is 5. The summed E-state index contributed by atoms with van der Waals surface area (Å²) in [6.45, 7) is 4.18. The van der Waals surface area contributed by atoms with Crippen LogP contribution in [0.3, 0.4) is 0 Å². The minimum absolute atomic E-state index is 0.332. The van der Waals surface area contributed by atoms with Gasteiger partial charge < -0.3 is 10.4 Å². The molecule has 1 rings (SSSR count). The van der Waals surface area contributed by atoms with Crippen LogP contribution in [0.15, 0.2) is 18.2 Å². The molecule has 2 N–H and O–H groups in total. The van der Waals surface area contributed by atoms with Gasteiger partial charge >= 0.3 is 5.97 Å². The predicted octanol–water partition coefficient (Wildman–Crippen LogP) is 3.59. The number of hydrogen-bond acceptors (Lipinski definition) is 2. The first-order valence-corrected chi connectivity index (χ1v) is 6.45. The lowest BCUT2D eigenvalue weighted by Gasteiger charge is -2.18. The first kappa shape index (κ1) is 13.3. The Morgan fingerprint density at radius 1 is 1.44 bits per heavy atom. The second-order valence-corrected chi connectivity index (χ2v) is 4.90. The third-order valence-corrected chi connectivity index (χ3v) is 3.23. The molecule has 4 heteroatoms. The van der Waals surface area contributed by atoms with Crippen LogP contribution in [0.5, 0.6) is 0 Å². The van der Waals surface area contributed by atoms with Gasteiger partial charge in [-0.3, -0.25) is 0 Å². The average Bonchev–Trinajstić information content (AvgIpc) is 2.27. The second kappa shape index (κ2) is 6.08. The van der Waals surface area contributed by atoms with E-state index in [1.165, 1.54) is 0 Å². The van der Waals surface area contributed by atoms with Crippen molar-refractivity contribution < 1.29 is 9.90 Å². The number of aromatic carboxylic acids is 1. The normalized spacial score (nSPS) is 10.5. The standard InChI is InChI=1S/C12H16INO2/c1-3-9(4-2)14-11-6-5-8(13)7-10(11)12(15)16/h5-7,9,14H,3-4H2,1-2H3,(H,15,16). The van der Waals surface area contributed by atoms with Gasteiger partial charge in [0.15, 0.2) is 0 Å². The fraction of sp³-hybridized carbons (Fsp3) is 0.417. The maximum Gasteiger partial charge on any atom is 0.337 e. The molecule has 0 amide bonds. The third-order valence-electron chi connectivity index (χ3n) is 2.56. The van der Waals surface area contributed by atoms with E-state index < -0.39 is 5.97 Å². The number of carboxylic acid groups (broad SMARTS) is 1. The second-order valence-electron chi connectivity index (χ2n) is 3.65. The summed E-state index contributed by atoms with van der Waals surface area (Å²) >= 11 is 2.12. The first-order valence-electron chi connectivity index (χ1n) is 5.37. The molecule has 0 heterocycles. The molecule has 0 saturated carbocycles. The zero-order chi connectivity index (χ0) is 12.1. The maximum atomic E-state index is 11.1. The lowest BCUT2D eigenvalue weighted by Crippen LogP contribution is -2.19. The molecule has 0 unspecified atom stereocenters. The zero-order valence-corrected chi connectivity index (χ0v) is 11.6. The van der Waals surface area contributed by atoms with Gasteiger partial charge in [0.05, 0.1) is 5.56 Å². The van der Waals surface area contributed by atoms with Crippen molar-refractivity contribution in [1.82, 2.24) is 0 Å². The highest BCUT2D eigenvalue weighted by Gasteiger charge is 2.12. The highest BCUT2D eigenvalue weighted by molar-refractivity contribution is 14.1. The zero-order valence-electron chi connectivity index (χ0n) is 9.46. The number of benzene rings is 1. The average molecular weight is 333 g/mol. The van der Waals surface area contributed by atoms with Crippen LogP contribution in [-0.4, -0.2) is 17.1 Å². The third kappa shape index (κ3) is 3.37. The molecule has 0 aliphatic carbocycles. The Balaban J connectivity index is 2.98. The number of carbonyl (C=O) groups is 1. The largest absolute Gasteiger partial charge is 0.478 e. The van der Waals surface area contributed by atoms with E-state index in [1.54, 1.807) is 6.07 Å². The van der Waals surface area contributed by atoms with Crippen molar-refractivity contribution in [1.29, 1.82) is 0 Å². The number of halogens is 1. The van der Waals surface area contributed by atoms with Gasteiger partial charge in [0.1, 0.15) is 0 Å². The van der Waals surface area contributed by atoms with Gasteiger partial charge in [-0.05, 0) is 53.6 Å². The molecule has 0 atom stereocenters. The number of nitrogens with one attached hydrogen (secondary N) is 1. The van der Waals surface area contributed by atoms with Crippen LogP contribution >= 0.6 is 22.6 Å². The molecule has 0 radical (unpaired) electrons. The molecular formula is C12H16INO2. The van der Waals surface area contributed by atoms with E-state index in [0.717, 1.165) is 16.4 Å². The molecule has 0 aromatic heterocycles. The van der Waals surface area contributed by atoms with Crippen LogP contribution < -0.4 is 5.32 Å². The summed E-state index contributed by atoms with van der Waals surface area (Å²) < 4.78 is 0.935. The highest BCUT2D eigenvalue weighted by atomic mass is 127. The molecule has 88 valence electrons. The van der Waals surface area contributed by atoms with E-state index in [-0.39, 0.29) is 0 Å². The maximum absolute atomic E-state index is 11.1. The number of carboxylic acids is 1. The molecule has 16 heavy (non-hydrogen) atoms. The minimum atomic E-state index is -0.882. The van der Waals surface area contributed by atoms with Crippen molar-refractivity contribution >= 4 is 34.2 Å². The minimum Gasteiger partial charge on any atom is -0.478 e. The molecule has 3 nitrogen and oxygen atoms in total. The SMILES string of the molecule is CCC(CC)Nc1ccc(I)cc1C(=O)O. The van der Waals surface area contributed by atoms with Crippen molar-refractivity contribution in [3.8, 4) is 0 Å². The van der Waals surface area contributed by atoms with Crippen LogP contribution in [0.1, 0.15) is 37.0 Å². The summed E-state index contributed by atoms with van der Waals surface area (Å²) in [6, 6.07) is 5.77. The molecule has 0 spiro atoms. The Bertz CT molecular complexity index is 375. The molecule has 0 saturated heterocycles. The van der Waals surface area contributed by atoms with Crippen LogP contribution in [0.2, 0.25) is 0 Å². The van der Waals surface area contributed by atoms with E-state index >= 15 is 0 Å². The van der Waals surface area contributed by atoms with Crippen molar-refractivity contribution in [3.63, 3.8) is 0 Å². The van der Waals surface area contributed by atoms with Crippen LogP contribution in [0, 0.1) is 3.57 Å². The van der Waals surface area contributed by atoms with Crippen LogP contribution in [-0.2, 0) is 0 Å². The number of hydrogen-bond donors (Lipinski definition) is 2.